The number of aliphatic hydroxyl groups is 1. The molecule has 0 aliphatic carbocycles. The molecule has 0 radical (unpaired) electrons. The molecule has 8 nitrogen and oxygen atoms in total. The summed E-state index contributed by atoms with van der Waals surface area (Å²) in [5.41, 5.74) is 0.228. The van der Waals surface area contributed by atoms with Crippen LogP contribution >= 0.6 is 12.2 Å². The number of β-amino-alcohol motifs (C(OH)–C–C–N with tert-alkyl or cyclic N) is 1. The number of nitrogens with zero attached hydrogens (tertiary/aromatic N) is 3. The number of aromatic nitrogens is 3. The van der Waals surface area contributed by atoms with Gasteiger partial charge < -0.3 is 25.1 Å². The number of rotatable bonds is 6. The summed E-state index contributed by atoms with van der Waals surface area (Å²) >= 11 is 5.08. The summed E-state index contributed by atoms with van der Waals surface area (Å²) in [5.74, 6) is -0.139. The molecule has 3 aromatic rings. The Morgan fingerprint density at radius 3 is 3.06 bits per heavy atom. The van der Waals surface area contributed by atoms with Crippen LogP contribution in [0.2, 0.25) is 0 Å². The zero-order valence-electron chi connectivity index (χ0n) is 17.3. The van der Waals surface area contributed by atoms with Gasteiger partial charge in [-0.15, -0.1) is 0 Å². The fourth-order valence-corrected chi connectivity index (χ4v) is 5.12. The Balaban J connectivity index is 1.24. The lowest BCUT2D eigenvalue weighted by Gasteiger charge is -2.29. The Morgan fingerprint density at radius 2 is 2.25 bits per heavy atom. The van der Waals surface area contributed by atoms with E-state index in [-0.39, 0.29) is 30.0 Å². The molecule has 168 valence electrons. The van der Waals surface area contributed by atoms with Crippen LogP contribution in [0.15, 0.2) is 35.4 Å². The molecule has 0 saturated carbocycles. The molecule has 0 aromatic carbocycles. The number of halogens is 1. The van der Waals surface area contributed by atoms with E-state index in [2.05, 4.69) is 20.2 Å². The molecule has 2 aliphatic rings. The highest BCUT2D eigenvalue weighted by molar-refractivity contribution is 7.71. The highest BCUT2D eigenvalue weighted by atomic mass is 32.1. The largest absolute Gasteiger partial charge is 0.505 e. The van der Waals surface area contributed by atoms with Crippen molar-refractivity contribution in [3.05, 3.63) is 62.5 Å². The molecule has 1 fully saturated rings. The van der Waals surface area contributed by atoms with Gasteiger partial charge in [0.25, 0.3) is 5.56 Å². The predicted octanol–water partition coefficient (Wildman–Crippen LogP) is 1.61. The molecule has 10 heteroatoms. The van der Waals surface area contributed by atoms with E-state index in [0.29, 0.717) is 28.0 Å². The van der Waals surface area contributed by atoms with Crippen LogP contribution in [-0.2, 0) is 18.7 Å². The van der Waals surface area contributed by atoms with Crippen LogP contribution in [0.3, 0.4) is 0 Å². The van der Waals surface area contributed by atoms with Crippen LogP contribution in [0.5, 0.6) is 5.75 Å². The number of hydrogen-bond acceptors (Lipinski definition) is 7. The van der Waals surface area contributed by atoms with Gasteiger partial charge in [0.2, 0.25) is 0 Å². The Morgan fingerprint density at radius 1 is 1.41 bits per heavy atom. The molecule has 32 heavy (non-hydrogen) atoms. The molecular weight excluding hydrogens is 433 g/mol. The van der Waals surface area contributed by atoms with E-state index in [4.69, 9.17) is 12.2 Å². The number of aromatic hydroxyl groups is 1. The summed E-state index contributed by atoms with van der Waals surface area (Å²) in [6.45, 7) is 3.22. The standard InChI is InChI=1S/C22H24FN5O3S/c23-15-8-26-16-1-2-19(30)28-12-22(31,20(15)21(16)28)11-27-4-3-13(10-27)6-24-7-14-5-18(32)17(29)9-25-14/h1-2,5,8-9,13,24,29,31H,3-4,6-7,10-12H2,(H,25,32)/t13-,22?/m1/s1. The second-order valence-electron chi connectivity index (χ2n) is 8.73. The summed E-state index contributed by atoms with van der Waals surface area (Å²) < 4.78 is 16.6. The second kappa shape index (κ2) is 8.04. The molecule has 3 aromatic heterocycles. The number of pyridine rings is 3. The summed E-state index contributed by atoms with van der Waals surface area (Å²) in [4.78, 5) is 21.5. The molecule has 0 amide bonds. The first kappa shape index (κ1) is 21.2. The number of likely N-dealkylation sites (tertiary alicyclic amines) is 1. The Kier molecular flexibility index (Phi) is 5.32. The van der Waals surface area contributed by atoms with E-state index in [9.17, 15) is 19.4 Å². The molecular formula is C22H24FN5O3S. The van der Waals surface area contributed by atoms with Crippen LogP contribution < -0.4 is 10.9 Å². The van der Waals surface area contributed by atoms with Crippen LogP contribution in [0.1, 0.15) is 17.7 Å². The van der Waals surface area contributed by atoms with Crippen molar-refractivity contribution in [1.29, 1.82) is 0 Å². The van der Waals surface area contributed by atoms with Gasteiger partial charge >= 0.3 is 0 Å². The second-order valence-corrected chi connectivity index (χ2v) is 9.17. The Bertz CT molecular complexity index is 1310. The van der Waals surface area contributed by atoms with Crippen molar-refractivity contribution in [2.75, 3.05) is 26.2 Å². The van der Waals surface area contributed by atoms with E-state index in [0.717, 1.165) is 37.9 Å². The fourth-order valence-electron chi connectivity index (χ4n) is 4.92. The van der Waals surface area contributed by atoms with Gasteiger partial charge in [-0.2, -0.15) is 0 Å². The van der Waals surface area contributed by atoms with E-state index < -0.39 is 11.4 Å². The van der Waals surface area contributed by atoms with Crippen molar-refractivity contribution in [3.63, 3.8) is 0 Å². The van der Waals surface area contributed by atoms with Gasteiger partial charge in [-0.3, -0.25) is 14.7 Å². The number of nitrogens with one attached hydrogen (secondary N) is 2. The molecule has 1 saturated heterocycles. The topological polar surface area (TPSA) is 106 Å². The Hall–Kier alpha value is -2.66. The third-order valence-corrected chi connectivity index (χ3v) is 6.72. The molecule has 2 atom stereocenters. The summed E-state index contributed by atoms with van der Waals surface area (Å²) in [5, 5.41) is 24.4. The van der Waals surface area contributed by atoms with Crippen molar-refractivity contribution in [1.82, 2.24) is 24.8 Å². The van der Waals surface area contributed by atoms with Crippen molar-refractivity contribution in [2.45, 2.75) is 25.1 Å². The van der Waals surface area contributed by atoms with Crippen molar-refractivity contribution >= 4 is 23.3 Å². The predicted molar refractivity (Wildman–Crippen MR) is 119 cm³/mol. The molecule has 1 unspecified atom stereocenters. The quantitative estimate of drug-likeness (QED) is 0.417. The van der Waals surface area contributed by atoms with Crippen molar-refractivity contribution in [2.24, 2.45) is 5.92 Å². The number of H-pyrrole nitrogens is 1. The van der Waals surface area contributed by atoms with Crippen LogP contribution in [0.4, 0.5) is 4.39 Å². The summed E-state index contributed by atoms with van der Waals surface area (Å²) in [7, 11) is 0. The highest BCUT2D eigenvalue weighted by Gasteiger charge is 2.43. The van der Waals surface area contributed by atoms with Gasteiger partial charge in [-0.1, -0.05) is 12.2 Å². The van der Waals surface area contributed by atoms with E-state index in [1.165, 1.54) is 16.8 Å². The number of aromatic amines is 1. The minimum Gasteiger partial charge on any atom is -0.505 e. The molecule has 4 N–H and O–H groups in total. The lowest BCUT2D eigenvalue weighted by molar-refractivity contribution is -0.00470. The molecule has 0 bridgehead atoms. The van der Waals surface area contributed by atoms with Gasteiger partial charge in [-0.25, -0.2) is 4.39 Å². The third kappa shape index (κ3) is 3.73. The molecule has 2 aliphatic heterocycles. The normalized spacial score (nSPS) is 22.8. The van der Waals surface area contributed by atoms with Crippen molar-refractivity contribution in [3.8, 4) is 5.75 Å². The Labute approximate surface area is 188 Å². The molecule has 5 heterocycles. The first-order valence-electron chi connectivity index (χ1n) is 10.6. The van der Waals surface area contributed by atoms with E-state index in [1.807, 2.05) is 0 Å². The highest BCUT2D eigenvalue weighted by Crippen LogP contribution is 2.38. The maximum Gasteiger partial charge on any atom is 0.251 e. The van der Waals surface area contributed by atoms with Crippen LogP contribution in [0.25, 0.3) is 11.0 Å². The van der Waals surface area contributed by atoms with Gasteiger partial charge in [-0.05, 0) is 37.6 Å². The average molecular weight is 458 g/mol. The third-order valence-electron chi connectivity index (χ3n) is 6.40. The van der Waals surface area contributed by atoms with Gasteiger partial charge in [0.05, 0.1) is 33.8 Å². The summed E-state index contributed by atoms with van der Waals surface area (Å²) in [6.07, 6.45) is 3.56. The van der Waals surface area contributed by atoms with E-state index in [1.54, 1.807) is 12.1 Å². The van der Waals surface area contributed by atoms with Gasteiger partial charge in [0.15, 0.2) is 0 Å². The summed E-state index contributed by atoms with van der Waals surface area (Å²) in [6, 6.07) is 4.71. The minimum atomic E-state index is -1.47. The molecule has 5 rings (SSSR count). The zero-order chi connectivity index (χ0) is 22.5. The average Bonchev–Trinajstić information content (AvgIpc) is 3.32. The van der Waals surface area contributed by atoms with E-state index >= 15 is 0 Å². The lowest BCUT2D eigenvalue weighted by atomic mass is 9.95. The first-order chi connectivity index (χ1) is 15.3. The maximum atomic E-state index is 14.7. The smallest absolute Gasteiger partial charge is 0.251 e. The van der Waals surface area contributed by atoms with Gasteiger partial charge in [0.1, 0.15) is 17.2 Å². The fraction of sp³-hybridized carbons (Fsp3) is 0.409. The molecule has 0 spiro atoms. The van der Waals surface area contributed by atoms with Crippen molar-refractivity contribution < 1.29 is 14.6 Å². The zero-order valence-corrected chi connectivity index (χ0v) is 18.2. The first-order valence-corrected chi connectivity index (χ1v) is 11.0. The van der Waals surface area contributed by atoms with Crippen LogP contribution in [0, 0.1) is 16.2 Å². The minimum absolute atomic E-state index is 0.0284. The maximum absolute atomic E-state index is 14.7. The number of hydrogen-bond donors (Lipinski definition) is 4. The SMILES string of the molecule is O=c1ccc2ncc(F)c3c2n1CC3(O)CN1CC[C@H](CNCc2cc(=S)c(O)c[nH]2)C1. The monoisotopic (exact) mass is 457 g/mol. The lowest BCUT2D eigenvalue weighted by Crippen LogP contribution is -2.42. The van der Waals surface area contributed by atoms with Gasteiger partial charge in [0, 0.05) is 37.6 Å². The van der Waals surface area contributed by atoms with Crippen LogP contribution in [-0.4, -0.2) is 55.8 Å².